The number of nitrogens with zero attached hydrogens (tertiary/aromatic N) is 2. The van der Waals surface area contributed by atoms with E-state index in [0.717, 1.165) is 28.2 Å². The van der Waals surface area contributed by atoms with Crippen LogP contribution in [0.15, 0.2) is 60.8 Å². The second kappa shape index (κ2) is 6.04. The van der Waals surface area contributed by atoms with E-state index >= 15 is 0 Å². The van der Waals surface area contributed by atoms with E-state index in [9.17, 15) is 10.1 Å². The van der Waals surface area contributed by atoms with Gasteiger partial charge in [0.1, 0.15) is 0 Å². The predicted molar refractivity (Wildman–Crippen MR) is 92.4 cm³/mol. The smallest absolute Gasteiger partial charge is 0.260 e. The quantitative estimate of drug-likeness (QED) is 0.534. The first kappa shape index (κ1) is 14.8. The summed E-state index contributed by atoms with van der Waals surface area (Å²) in [6.07, 6.45) is 7.40. The molecule has 5 radical (unpaired) electrons. The Morgan fingerprint density at radius 1 is 0.917 bits per heavy atom. The molecule has 1 heterocycles. The van der Waals surface area contributed by atoms with Crippen LogP contribution >= 0.6 is 0 Å². The lowest BCUT2D eigenvalue weighted by atomic mass is 9.84. The van der Waals surface area contributed by atoms with E-state index in [1.807, 2.05) is 37.5 Å². The summed E-state index contributed by atoms with van der Waals surface area (Å²) < 4.78 is 0. The van der Waals surface area contributed by atoms with Crippen molar-refractivity contribution in [3.8, 4) is 0 Å². The van der Waals surface area contributed by atoms with E-state index in [2.05, 4.69) is 29.2 Å². The van der Waals surface area contributed by atoms with E-state index in [1.165, 1.54) is 18.3 Å². The number of nitro groups is 1. The zero-order chi connectivity index (χ0) is 16.5. The molecule has 0 amide bonds. The Morgan fingerprint density at radius 3 is 2.58 bits per heavy atom. The molecular formula is C20H13N2O2. The molecule has 115 valence electrons. The molecule has 1 fully saturated rings. The standard InChI is InChI=1S/C20H13N2O2/c23-22(24)15-11-12-21-20(13-15)19-10-4-9-18(19)17-8-3-6-14-5-1-2-7-16(14)17/h1-13H. The first-order valence-electron chi connectivity index (χ1n) is 7.59. The van der Waals surface area contributed by atoms with Crippen molar-refractivity contribution in [3.63, 3.8) is 0 Å². The number of benzene rings is 2. The maximum atomic E-state index is 11.0. The highest BCUT2D eigenvalue weighted by molar-refractivity contribution is 5.89. The summed E-state index contributed by atoms with van der Waals surface area (Å²) in [5.74, 6) is 1.93. The number of hydrogen-bond donors (Lipinski definition) is 0. The van der Waals surface area contributed by atoms with Gasteiger partial charge in [-0.15, -0.1) is 0 Å². The van der Waals surface area contributed by atoms with Crippen LogP contribution in [-0.4, -0.2) is 9.91 Å². The van der Waals surface area contributed by atoms with Crippen LogP contribution in [0, 0.1) is 41.2 Å². The van der Waals surface area contributed by atoms with E-state index in [-0.39, 0.29) is 5.69 Å². The third-order valence-electron chi connectivity index (χ3n) is 4.13. The molecule has 4 heteroatoms. The van der Waals surface area contributed by atoms with Crippen molar-refractivity contribution in [1.82, 2.24) is 4.98 Å². The summed E-state index contributed by atoms with van der Waals surface area (Å²) in [4.78, 5) is 15.0. The molecule has 0 N–H and O–H groups in total. The third-order valence-corrected chi connectivity index (χ3v) is 4.13. The van der Waals surface area contributed by atoms with Crippen LogP contribution in [0.5, 0.6) is 0 Å². The van der Waals surface area contributed by atoms with E-state index < -0.39 is 4.92 Å². The van der Waals surface area contributed by atoms with Gasteiger partial charge in [0.25, 0.3) is 5.69 Å². The fourth-order valence-electron chi connectivity index (χ4n) is 3.02. The first-order chi connectivity index (χ1) is 11.7. The topological polar surface area (TPSA) is 56.0 Å². The Hall–Kier alpha value is -2.75. The summed E-state index contributed by atoms with van der Waals surface area (Å²) in [6.45, 7) is 0. The minimum absolute atomic E-state index is 0.0464. The van der Waals surface area contributed by atoms with Crippen molar-refractivity contribution >= 4 is 16.5 Å². The molecule has 0 saturated heterocycles. The fourth-order valence-corrected chi connectivity index (χ4v) is 3.02. The van der Waals surface area contributed by atoms with Gasteiger partial charge in [0, 0.05) is 30.2 Å². The van der Waals surface area contributed by atoms with Crippen molar-refractivity contribution < 1.29 is 4.92 Å². The molecule has 1 aliphatic rings. The molecule has 0 bridgehead atoms. The van der Waals surface area contributed by atoms with Gasteiger partial charge in [-0.3, -0.25) is 15.1 Å². The molecule has 4 rings (SSSR count). The lowest BCUT2D eigenvalue weighted by Gasteiger charge is -2.19. The van der Waals surface area contributed by atoms with Crippen molar-refractivity contribution in [1.29, 1.82) is 0 Å². The van der Waals surface area contributed by atoms with Gasteiger partial charge in [-0.05, 0) is 35.6 Å². The van der Waals surface area contributed by atoms with E-state index in [0.29, 0.717) is 5.69 Å². The summed E-state index contributed by atoms with van der Waals surface area (Å²) in [5.41, 5.74) is 1.75. The highest BCUT2D eigenvalue weighted by atomic mass is 16.6. The van der Waals surface area contributed by atoms with Gasteiger partial charge in [-0.1, -0.05) is 42.5 Å². The normalized spacial score (nSPS) is 15.8. The molecule has 2 aromatic carbocycles. The van der Waals surface area contributed by atoms with Crippen LogP contribution in [0.25, 0.3) is 10.8 Å². The zero-order valence-corrected chi connectivity index (χ0v) is 12.7. The first-order valence-corrected chi connectivity index (χ1v) is 7.59. The Morgan fingerprint density at radius 2 is 1.71 bits per heavy atom. The van der Waals surface area contributed by atoms with Gasteiger partial charge >= 0.3 is 0 Å². The van der Waals surface area contributed by atoms with Gasteiger partial charge in [0.15, 0.2) is 0 Å². The molecule has 0 spiro atoms. The zero-order valence-electron chi connectivity index (χ0n) is 12.7. The third kappa shape index (κ3) is 2.54. The molecule has 1 aromatic heterocycles. The van der Waals surface area contributed by atoms with Crippen LogP contribution < -0.4 is 0 Å². The number of hydrogen-bond acceptors (Lipinski definition) is 3. The van der Waals surface area contributed by atoms with Crippen LogP contribution in [0.2, 0.25) is 0 Å². The molecule has 24 heavy (non-hydrogen) atoms. The summed E-state index contributed by atoms with van der Waals surface area (Å²) >= 11 is 0. The van der Waals surface area contributed by atoms with Crippen molar-refractivity contribution in [3.05, 3.63) is 113 Å². The molecule has 1 aliphatic carbocycles. The van der Waals surface area contributed by atoms with Gasteiger partial charge in [-0.2, -0.15) is 0 Å². The van der Waals surface area contributed by atoms with Crippen LogP contribution in [0.3, 0.4) is 0 Å². The van der Waals surface area contributed by atoms with Crippen molar-refractivity contribution in [2.45, 2.75) is 0 Å². The van der Waals surface area contributed by atoms with Crippen LogP contribution in [0.4, 0.5) is 5.69 Å². The van der Waals surface area contributed by atoms with E-state index in [1.54, 1.807) is 0 Å². The molecule has 3 aromatic rings. The number of fused-ring (bicyclic) bond motifs is 1. The lowest BCUT2D eigenvalue weighted by Crippen LogP contribution is -2.10. The lowest BCUT2D eigenvalue weighted by molar-refractivity contribution is -0.385. The highest BCUT2D eigenvalue weighted by Gasteiger charge is 2.34. The van der Waals surface area contributed by atoms with Gasteiger partial charge in [0.2, 0.25) is 0 Å². The second-order valence-corrected chi connectivity index (χ2v) is 5.54. The predicted octanol–water partition coefficient (Wildman–Crippen LogP) is 4.31. The Kier molecular flexibility index (Phi) is 3.73. The minimum Gasteiger partial charge on any atom is -0.260 e. The summed E-state index contributed by atoms with van der Waals surface area (Å²) in [6, 6.07) is 17.3. The number of rotatable bonds is 3. The molecule has 0 aliphatic heterocycles. The number of aromatic nitrogens is 1. The van der Waals surface area contributed by atoms with Gasteiger partial charge in [0.05, 0.1) is 10.6 Å². The molecule has 0 atom stereocenters. The molecule has 1 saturated carbocycles. The number of pyridine rings is 1. The minimum atomic E-state index is -0.397. The van der Waals surface area contributed by atoms with E-state index in [4.69, 9.17) is 0 Å². The van der Waals surface area contributed by atoms with Crippen molar-refractivity contribution in [2.75, 3.05) is 0 Å². The summed E-state index contributed by atoms with van der Waals surface area (Å²) in [5, 5.41) is 13.3. The summed E-state index contributed by atoms with van der Waals surface area (Å²) in [7, 11) is 0. The highest BCUT2D eigenvalue weighted by Crippen LogP contribution is 2.44. The average Bonchev–Trinajstić information content (AvgIpc) is 3.11. The molecule has 4 nitrogen and oxygen atoms in total. The monoisotopic (exact) mass is 313 g/mol. The maximum absolute atomic E-state index is 11.0. The van der Waals surface area contributed by atoms with Crippen LogP contribution in [0.1, 0.15) is 11.3 Å². The molecular weight excluding hydrogens is 300 g/mol. The average molecular weight is 313 g/mol. The fraction of sp³-hybridized carbons (Fsp3) is 0. The second-order valence-electron chi connectivity index (χ2n) is 5.54. The largest absolute Gasteiger partial charge is 0.272 e. The van der Waals surface area contributed by atoms with Gasteiger partial charge < -0.3 is 0 Å². The maximum Gasteiger partial charge on any atom is 0.272 e. The SMILES string of the molecule is O=[N+]([O-])c1ccnc([C]2[CH][CH][CH][C]2c2cccc3ccccc23)c1. The Balaban J connectivity index is 1.77. The Bertz CT molecular complexity index is 902. The molecule has 0 unspecified atom stereocenters. The van der Waals surface area contributed by atoms with Crippen molar-refractivity contribution in [2.24, 2.45) is 0 Å². The Labute approximate surface area is 140 Å². The van der Waals surface area contributed by atoms with Gasteiger partial charge in [-0.25, -0.2) is 0 Å². The van der Waals surface area contributed by atoms with Crippen LogP contribution in [-0.2, 0) is 0 Å².